The van der Waals surface area contributed by atoms with Gasteiger partial charge in [0.05, 0.1) is 18.7 Å². The number of fused-ring (bicyclic) bond motifs is 1. The van der Waals surface area contributed by atoms with Crippen molar-refractivity contribution < 1.29 is 14.6 Å². The molecule has 0 aromatic carbocycles. The standard InChI is InChI=1S/C16H20ClN5O3/c1-16(2,3)25-15(24)22-7-10(11(23)8-22)19-14-12-9(5-4-6-18-12)13(17)20-21-14/h4-6,10-11,23H,7-8H2,1-3H3,(H,19,21)/t10-,11+/m1/s1. The molecule has 0 bridgehead atoms. The quantitative estimate of drug-likeness (QED) is 0.840. The van der Waals surface area contributed by atoms with Gasteiger partial charge in [-0.3, -0.25) is 4.98 Å². The first-order valence-electron chi connectivity index (χ1n) is 7.94. The van der Waals surface area contributed by atoms with E-state index in [1.165, 1.54) is 4.90 Å². The molecule has 3 heterocycles. The van der Waals surface area contributed by atoms with Gasteiger partial charge in [-0.2, -0.15) is 0 Å². The van der Waals surface area contributed by atoms with E-state index in [0.29, 0.717) is 16.7 Å². The van der Waals surface area contributed by atoms with Crippen LogP contribution in [0.5, 0.6) is 0 Å². The number of likely N-dealkylation sites (tertiary alicyclic amines) is 1. The number of hydrogen-bond acceptors (Lipinski definition) is 7. The normalized spacial score (nSPS) is 20.8. The number of hydrogen-bond donors (Lipinski definition) is 2. The van der Waals surface area contributed by atoms with Crippen molar-refractivity contribution in [3.63, 3.8) is 0 Å². The molecule has 2 aromatic rings. The number of aromatic nitrogens is 3. The molecule has 0 unspecified atom stereocenters. The van der Waals surface area contributed by atoms with E-state index < -0.39 is 23.8 Å². The highest BCUT2D eigenvalue weighted by Crippen LogP contribution is 2.25. The maximum absolute atomic E-state index is 12.2. The van der Waals surface area contributed by atoms with Gasteiger partial charge in [-0.15, -0.1) is 10.2 Å². The molecule has 25 heavy (non-hydrogen) atoms. The molecule has 0 saturated carbocycles. The van der Waals surface area contributed by atoms with Crippen LogP contribution in [0.1, 0.15) is 20.8 Å². The van der Waals surface area contributed by atoms with Gasteiger partial charge in [0.15, 0.2) is 11.0 Å². The van der Waals surface area contributed by atoms with Crippen molar-refractivity contribution >= 4 is 34.4 Å². The Balaban J connectivity index is 1.76. The molecule has 9 heteroatoms. The largest absolute Gasteiger partial charge is 0.444 e. The number of carbonyl (C=O) groups is 1. The van der Waals surface area contributed by atoms with Crippen LogP contribution in [-0.4, -0.2) is 62.1 Å². The molecule has 134 valence electrons. The van der Waals surface area contributed by atoms with E-state index in [1.807, 2.05) is 0 Å². The fourth-order valence-corrected chi connectivity index (χ4v) is 2.82. The summed E-state index contributed by atoms with van der Waals surface area (Å²) in [4.78, 5) is 17.9. The van der Waals surface area contributed by atoms with Crippen LogP contribution in [0.2, 0.25) is 5.15 Å². The van der Waals surface area contributed by atoms with Crippen LogP contribution in [-0.2, 0) is 4.74 Å². The maximum Gasteiger partial charge on any atom is 0.410 e. The summed E-state index contributed by atoms with van der Waals surface area (Å²) in [5, 5.41) is 22.3. The van der Waals surface area contributed by atoms with E-state index in [0.717, 1.165) is 0 Å². The Hall–Kier alpha value is -2.19. The van der Waals surface area contributed by atoms with E-state index in [9.17, 15) is 9.90 Å². The lowest BCUT2D eigenvalue weighted by Crippen LogP contribution is -2.36. The van der Waals surface area contributed by atoms with Crippen LogP contribution >= 0.6 is 11.6 Å². The lowest BCUT2D eigenvalue weighted by Gasteiger charge is -2.24. The van der Waals surface area contributed by atoms with Crippen molar-refractivity contribution in [2.24, 2.45) is 0 Å². The zero-order chi connectivity index (χ0) is 18.2. The van der Waals surface area contributed by atoms with Crippen LogP contribution in [0.4, 0.5) is 10.6 Å². The SMILES string of the molecule is CC(C)(C)OC(=O)N1C[C@H](O)[C@H](Nc2nnc(Cl)c3cccnc23)C1. The number of anilines is 1. The first kappa shape index (κ1) is 17.6. The molecule has 2 aromatic heterocycles. The monoisotopic (exact) mass is 365 g/mol. The molecule has 2 atom stereocenters. The number of aliphatic hydroxyl groups excluding tert-OH is 1. The van der Waals surface area contributed by atoms with E-state index in [1.54, 1.807) is 39.1 Å². The highest BCUT2D eigenvalue weighted by molar-refractivity contribution is 6.34. The smallest absolute Gasteiger partial charge is 0.410 e. The Kier molecular flexibility index (Phi) is 4.66. The third-order valence-electron chi connectivity index (χ3n) is 3.75. The average Bonchev–Trinajstić information content (AvgIpc) is 2.90. The molecule has 3 rings (SSSR count). The second kappa shape index (κ2) is 6.61. The molecule has 0 aliphatic carbocycles. The van der Waals surface area contributed by atoms with Gasteiger partial charge in [-0.25, -0.2) is 4.79 Å². The van der Waals surface area contributed by atoms with Crippen molar-refractivity contribution in [1.29, 1.82) is 0 Å². The molecule has 2 N–H and O–H groups in total. The highest BCUT2D eigenvalue weighted by Gasteiger charge is 2.36. The molecule has 0 spiro atoms. The number of amides is 1. The Bertz CT molecular complexity index is 795. The predicted molar refractivity (Wildman–Crippen MR) is 93.6 cm³/mol. The number of rotatable bonds is 2. The molecule has 0 radical (unpaired) electrons. The number of nitrogens with zero attached hydrogens (tertiary/aromatic N) is 4. The van der Waals surface area contributed by atoms with E-state index in [-0.39, 0.29) is 18.2 Å². The van der Waals surface area contributed by atoms with Crippen LogP contribution < -0.4 is 5.32 Å². The summed E-state index contributed by atoms with van der Waals surface area (Å²) < 4.78 is 5.34. The summed E-state index contributed by atoms with van der Waals surface area (Å²) in [7, 11) is 0. The highest BCUT2D eigenvalue weighted by atomic mass is 35.5. The van der Waals surface area contributed by atoms with Gasteiger partial charge in [0.2, 0.25) is 0 Å². The van der Waals surface area contributed by atoms with Crippen LogP contribution in [0.25, 0.3) is 10.9 Å². The fourth-order valence-electron chi connectivity index (χ4n) is 2.63. The first-order valence-corrected chi connectivity index (χ1v) is 8.32. The van der Waals surface area contributed by atoms with E-state index >= 15 is 0 Å². The van der Waals surface area contributed by atoms with Crippen LogP contribution in [0.15, 0.2) is 18.3 Å². The number of carbonyl (C=O) groups excluding carboxylic acids is 1. The zero-order valence-electron chi connectivity index (χ0n) is 14.2. The lowest BCUT2D eigenvalue weighted by molar-refractivity contribution is 0.0270. The van der Waals surface area contributed by atoms with Gasteiger partial charge in [0.1, 0.15) is 11.1 Å². The Labute approximate surface area is 150 Å². The van der Waals surface area contributed by atoms with Crippen molar-refractivity contribution in [2.75, 3.05) is 18.4 Å². The van der Waals surface area contributed by atoms with E-state index in [2.05, 4.69) is 20.5 Å². The summed E-state index contributed by atoms with van der Waals surface area (Å²) in [6, 6.07) is 3.14. The zero-order valence-corrected chi connectivity index (χ0v) is 15.0. The van der Waals surface area contributed by atoms with Gasteiger partial charge in [0, 0.05) is 18.1 Å². The molecule has 1 aliphatic heterocycles. The molecule has 1 fully saturated rings. The number of ether oxygens (including phenoxy) is 1. The molecule has 1 amide bonds. The molecule has 1 aliphatic rings. The van der Waals surface area contributed by atoms with Gasteiger partial charge in [0.25, 0.3) is 0 Å². The number of aliphatic hydroxyl groups is 1. The van der Waals surface area contributed by atoms with Gasteiger partial charge >= 0.3 is 6.09 Å². The van der Waals surface area contributed by atoms with Crippen molar-refractivity contribution in [3.8, 4) is 0 Å². The predicted octanol–water partition coefficient (Wildman–Crippen LogP) is 2.07. The minimum Gasteiger partial charge on any atom is -0.444 e. The summed E-state index contributed by atoms with van der Waals surface area (Å²) in [6.45, 7) is 5.87. The summed E-state index contributed by atoms with van der Waals surface area (Å²) in [5.74, 6) is 0.412. The van der Waals surface area contributed by atoms with Crippen molar-refractivity contribution in [3.05, 3.63) is 23.5 Å². The van der Waals surface area contributed by atoms with Crippen LogP contribution in [0, 0.1) is 0 Å². The number of β-amino-alcohol motifs (C(OH)–C–C–N with tert-alkyl or cyclic N) is 1. The van der Waals surface area contributed by atoms with Crippen molar-refractivity contribution in [1.82, 2.24) is 20.1 Å². The third kappa shape index (κ3) is 3.91. The Morgan fingerprint density at radius 1 is 1.40 bits per heavy atom. The maximum atomic E-state index is 12.2. The Morgan fingerprint density at radius 2 is 2.16 bits per heavy atom. The fraction of sp³-hybridized carbons (Fsp3) is 0.500. The summed E-state index contributed by atoms with van der Waals surface area (Å²) >= 11 is 6.04. The van der Waals surface area contributed by atoms with Gasteiger partial charge in [-0.05, 0) is 32.9 Å². The summed E-state index contributed by atoms with van der Waals surface area (Å²) in [6.07, 6.45) is 0.411. The second-order valence-electron chi connectivity index (χ2n) is 6.94. The first-order chi connectivity index (χ1) is 11.7. The number of pyridine rings is 1. The van der Waals surface area contributed by atoms with E-state index in [4.69, 9.17) is 16.3 Å². The molecular formula is C16H20ClN5O3. The molecule has 1 saturated heterocycles. The van der Waals surface area contributed by atoms with Crippen molar-refractivity contribution in [2.45, 2.75) is 38.5 Å². The van der Waals surface area contributed by atoms with Gasteiger partial charge < -0.3 is 20.1 Å². The number of nitrogens with one attached hydrogen (secondary N) is 1. The minimum absolute atomic E-state index is 0.180. The second-order valence-corrected chi connectivity index (χ2v) is 7.30. The summed E-state index contributed by atoms with van der Waals surface area (Å²) in [5.41, 5.74) is -0.0274. The lowest BCUT2D eigenvalue weighted by atomic mass is 10.2. The van der Waals surface area contributed by atoms with Gasteiger partial charge in [-0.1, -0.05) is 11.6 Å². The number of halogens is 1. The van der Waals surface area contributed by atoms with Crippen LogP contribution in [0.3, 0.4) is 0 Å². The molecular weight excluding hydrogens is 346 g/mol. The Morgan fingerprint density at radius 3 is 2.88 bits per heavy atom. The topological polar surface area (TPSA) is 100 Å². The minimum atomic E-state index is -0.760. The average molecular weight is 366 g/mol. The molecule has 8 nitrogen and oxygen atoms in total. The third-order valence-corrected chi connectivity index (χ3v) is 4.03.